The van der Waals surface area contributed by atoms with Crippen molar-refractivity contribution in [1.82, 2.24) is 10.6 Å². The molecule has 2 amide bonds. The summed E-state index contributed by atoms with van der Waals surface area (Å²) in [6.45, 7) is 3.79. The molecule has 0 heterocycles. The molecule has 1 atom stereocenters. The lowest BCUT2D eigenvalue weighted by molar-refractivity contribution is -0.122. The zero-order chi connectivity index (χ0) is 13.5. The van der Waals surface area contributed by atoms with E-state index in [0.29, 0.717) is 0 Å². The highest BCUT2D eigenvalue weighted by Crippen LogP contribution is 2.07. The quantitative estimate of drug-likeness (QED) is 0.718. The van der Waals surface area contributed by atoms with E-state index in [9.17, 15) is 9.59 Å². The fourth-order valence-corrected chi connectivity index (χ4v) is 1.40. The highest BCUT2D eigenvalue weighted by molar-refractivity contribution is 5.92. The normalized spacial score (nSPS) is 11.7. The number of rotatable bonds is 5. The molecule has 0 saturated carbocycles. The molecule has 0 aliphatic heterocycles. The van der Waals surface area contributed by atoms with Crippen LogP contribution < -0.4 is 16.0 Å². The first-order chi connectivity index (χ1) is 8.52. The summed E-state index contributed by atoms with van der Waals surface area (Å²) in [7, 11) is 1.56. The number of aryl methyl sites for hydroxylation is 1. The molecule has 5 nitrogen and oxygen atoms in total. The van der Waals surface area contributed by atoms with Crippen molar-refractivity contribution in [2.75, 3.05) is 18.9 Å². The maximum absolute atomic E-state index is 11.6. The molecule has 1 aromatic carbocycles. The van der Waals surface area contributed by atoms with Gasteiger partial charge in [0.15, 0.2) is 0 Å². The molecular formula is C13H19N3O2. The van der Waals surface area contributed by atoms with E-state index < -0.39 is 6.04 Å². The van der Waals surface area contributed by atoms with Crippen LogP contribution >= 0.6 is 0 Å². The van der Waals surface area contributed by atoms with Crippen LogP contribution in [0.25, 0.3) is 0 Å². The van der Waals surface area contributed by atoms with Crippen LogP contribution in [-0.4, -0.2) is 31.4 Å². The Kier molecular flexibility index (Phi) is 5.32. The molecule has 18 heavy (non-hydrogen) atoms. The van der Waals surface area contributed by atoms with E-state index in [-0.39, 0.29) is 18.4 Å². The molecule has 3 N–H and O–H groups in total. The van der Waals surface area contributed by atoms with Gasteiger partial charge in [-0.15, -0.1) is 0 Å². The number of amides is 2. The first kappa shape index (κ1) is 14.2. The number of likely N-dealkylation sites (N-methyl/N-ethyl adjacent to an activating group) is 1. The van der Waals surface area contributed by atoms with Crippen LogP contribution in [0.5, 0.6) is 0 Å². The summed E-state index contributed by atoms with van der Waals surface area (Å²) in [5, 5.41) is 8.10. The van der Waals surface area contributed by atoms with E-state index in [1.165, 1.54) is 0 Å². The standard InChI is InChI=1S/C13H19N3O2/c1-9-4-6-11(7-5-9)16-12(17)8-15-10(2)13(18)14-3/h4-7,10,15H,8H2,1-3H3,(H,14,18)(H,16,17). The Labute approximate surface area is 107 Å². The summed E-state index contributed by atoms with van der Waals surface area (Å²) in [6, 6.07) is 7.15. The molecule has 5 heteroatoms. The van der Waals surface area contributed by atoms with Crippen LogP contribution in [0, 0.1) is 6.92 Å². The van der Waals surface area contributed by atoms with Crippen LogP contribution in [0.15, 0.2) is 24.3 Å². The average molecular weight is 249 g/mol. The third kappa shape index (κ3) is 4.55. The second-order valence-electron chi connectivity index (χ2n) is 4.13. The Morgan fingerprint density at radius 1 is 1.22 bits per heavy atom. The second kappa shape index (κ2) is 6.76. The maximum Gasteiger partial charge on any atom is 0.238 e. The van der Waals surface area contributed by atoms with E-state index in [4.69, 9.17) is 0 Å². The molecule has 98 valence electrons. The fourth-order valence-electron chi connectivity index (χ4n) is 1.40. The van der Waals surface area contributed by atoms with Gasteiger partial charge >= 0.3 is 0 Å². The predicted molar refractivity (Wildman–Crippen MR) is 71.3 cm³/mol. The Hall–Kier alpha value is -1.88. The number of anilines is 1. The average Bonchev–Trinajstić information content (AvgIpc) is 2.37. The number of benzene rings is 1. The number of carbonyl (C=O) groups is 2. The van der Waals surface area contributed by atoms with Gasteiger partial charge in [-0.3, -0.25) is 14.9 Å². The molecule has 0 aromatic heterocycles. The Bertz CT molecular complexity index is 415. The molecule has 0 bridgehead atoms. The Morgan fingerprint density at radius 3 is 2.39 bits per heavy atom. The van der Waals surface area contributed by atoms with Crippen molar-refractivity contribution in [1.29, 1.82) is 0 Å². The van der Waals surface area contributed by atoms with E-state index >= 15 is 0 Å². The van der Waals surface area contributed by atoms with E-state index in [2.05, 4.69) is 16.0 Å². The number of hydrogen-bond acceptors (Lipinski definition) is 3. The second-order valence-corrected chi connectivity index (χ2v) is 4.13. The van der Waals surface area contributed by atoms with Gasteiger partial charge in [0.2, 0.25) is 11.8 Å². The molecule has 1 rings (SSSR count). The summed E-state index contributed by atoms with van der Waals surface area (Å²) < 4.78 is 0. The first-order valence-corrected chi connectivity index (χ1v) is 5.84. The molecule has 1 aromatic rings. The Balaban J connectivity index is 2.38. The third-order valence-electron chi connectivity index (χ3n) is 2.54. The van der Waals surface area contributed by atoms with Gasteiger partial charge in [0.05, 0.1) is 12.6 Å². The maximum atomic E-state index is 11.6. The van der Waals surface area contributed by atoms with Gasteiger partial charge < -0.3 is 10.6 Å². The zero-order valence-corrected chi connectivity index (χ0v) is 10.9. The van der Waals surface area contributed by atoms with Gasteiger partial charge in [0.25, 0.3) is 0 Å². The van der Waals surface area contributed by atoms with Crippen molar-refractivity contribution < 1.29 is 9.59 Å². The number of nitrogens with one attached hydrogen (secondary N) is 3. The van der Waals surface area contributed by atoms with Crippen molar-refractivity contribution >= 4 is 17.5 Å². The lowest BCUT2D eigenvalue weighted by Gasteiger charge is -2.12. The largest absolute Gasteiger partial charge is 0.358 e. The van der Waals surface area contributed by atoms with Crippen LogP contribution in [-0.2, 0) is 9.59 Å². The van der Waals surface area contributed by atoms with E-state index in [0.717, 1.165) is 11.3 Å². The third-order valence-corrected chi connectivity index (χ3v) is 2.54. The van der Waals surface area contributed by atoms with Crippen molar-refractivity contribution in [3.05, 3.63) is 29.8 Å². The van der Waals surface area contributed by atoms with Crippen molar-refractivity contribution in [2.24, 2.45) is 0 Å². The lowest BCUT2D eigenvalue weighted by Crippen LogP contribution is -2.43. The van der Waals surface area contributed by atoms with Crippen molar-refractivity contribution in [3.8, 4) is 0 Å². The molecule has 0 radical (unpaired) electrons. The highest BCUT2D eigenvalue weighted by Gasteiger charge is 2.11. The fraction of sp³-hybridized carbons (Fsp3) is 0.385. The summed E-state index contributed by atoms with van der Waals surface area (Å²) >= 11 is 0. The van der Waals surface area contributed by atoms with Gasteiger partial charge in [-0.25, -0.2) is 0 Å². The van der Waals surface area contributed by atoms with Crippen molar-refractivity contribution in [3.63, 3.8) is 0 Å². The molecule has 0 spiro atoms. The van der Waals surface area contributed by atoms with Gasteiger partial charge in [0, 0.05) is 12.7 Å². The summed E-state index contributed by atoms with van der Waals surface area (Å²) in [4.78, 5) is 22.8. The van der Waals surface area contributed by atoms with Gasteiger partial charge in [-0.05, 0) is 26.0 Å². The lowest BCUT2D eigenvalue weighted by atomic mass is 10.2. The summed E-state index contributed by atoms with van der Waals surface area (Å²) in [5.41, 5.74) is 1.89. The molecule has 0 fully saturated rings. The molecule has 0 aliphatic carbocycles. The molecular weight excluding hydrogens is 230 g/mol. The monoisotopic (exact) mass is 249 g/mol. The summed E-state index contributed by atoms with van der Waals surface area (Å²) in [5.74, 6) is -0.312. The minimum atomic E-state index is -0.390. The number of hydrogen-bond donors (Lipinski definition) is 3. The zero-order valence-electron chi connectivity index (χ0n) is 10.9. The molecule has 0 aliphatic rings. The highest BCUT2D eigenvalue weighted by atomic mass is 16.2. The van der Waals surface area contributed by atoms with Gasteiger partial charge in [-0.2, -0.15) is 0 Å². The van der Waals surface area contributed by atoms with Crippen LogP contribution in [0.1, 0.15) is 12.5 Å². The van der Waals surface area contributed by atoms with Crippen molar-refractivity contribution in [2.45, 2.75) is 19.9 Å². The summed E-state index contributed by atoms with van der Waals surface area (Å²) in [6.07, 6.45) is 0. The van der Waals surface area contributed by atoms with Gasteiger partial charge in [0.1, 0.15) is 0 Å². The molecule has 1 unspecified atom stereocenters. The smallest absolute Gasteiger partial charge is 0.238 e. The van der Waals surface area contributed by atoms with E-state index in [1.54, 1.807) is 14.0 Å². The molecule has 0 saturated heterocycles. The first-order valence-electron chi connectivity index (χ1n) is 5.84. The Morgan fingerprint density at radius 2 is 1.83 bits per heavy atom. The van der Waals surface area contributed by atoms with Crippen LogP contribution in [0.4, 0.5) is 5.69 Å². The number of carbonyl (C=O) groups excluding carboxylic acids is 2. The minimum absolute atomic E-state index is 0.0997. The predicted octanol–water partition coefficient (Wildman–Crippen LogP) is 0.658. The topological polar surface area (TPSA) is 70.2 Å². The van der Waals surface area contributed by atoms with Crippen LogP contribution in [0.3, 0.4) is 0 Å². The van der Waals surface area contributed by atoms with Crippen LogP contribution in [0.2, 0.25) is 0 Å². The van der Waals surface area contributed by atoms with Gasteiger partial charge in [-0.1, -0.05) is 17.7 Å². The minimum Gasteiger partial charge on any atom is -0.358 e. The SMILES string of the molecule is CNC(=O)C(C)NCC(=O)Nc1ccc(C)cc1. The van der Waals surface area contributed by atoms with E-state index in [1.807, 2.05) is 31.2 Å².